The maximum Gasteiger partial charge on any atom is 0.208 e. The summed E-state index contributed by atoms with van der Waals surface area (Å²) in [5.41, 5.74) is 0.511. The molecule has 0 amide bonds. The van der Waals surface area contributed by atoms with Crippen molar-refractivity contribution in [1.29, 1.82) is 0 Å². The van der Waals surface area contributed by atoms with Crippen LogP contribution in [0, 0.1) is 0 Å². The van der Waals surface area contributed by atoms with E-state index in [4.69, 9.17) is 37.9 Å². The Hall–Kier alpha value is -3.53. The predicted molar refractivity (Wildman–Crippen MR) is 112 cm³/mol. The average molecular weight is 450 g/mol. The molecule has 1 heterocycles. The van der Waals surface area contributed by atoms with Gasteiger partial charge < -0.3 is 43.0 Å². The van der Waals surface area contributed by atoms with Gasteiger partial charge in [-0.2, -0.15) is 0 Å². The molecule has 2 aromatic rings. The van der Waals surface area contributed by atoms with Crippen LogP contribution in [-0.2, 0) is 4.74 Å². The SMILES string of the molecule is COc1cc(C2Oc3c(cc(OC)c(OC)c3OC)C(=O)C2OC)c(OC)c(O)c1OC. The van der Waals surface area contributed by atoms with Gasteiger partial charge in [0.25, 0.3) is 0 Å². The third kappa shape index (κ3) is 3.46. The van der Waals surface area contributed by atoms with Crippen LogP contribution in [0.15, 0.2) is 12.1 Å². The molecular weight excluding hydrogens is 424 g/mol. The summed E-state index contributed by atoms with van der Waals surface area (Å²) in [5.74, 6) is 0.543. The van der Waals surface area contributed by atoms with Crippen LogP contribution in [0.3, 0.4) is 0 Å². The molecule has 174 valence electrons. The number of Topliss-reactive ketones (excluding diaryl/α,β-unsaturated/α-hetero) is 1. The monoisotopic (exact) mass is 450 g/mol. The molecule has 0 aliphatic carbocycles. The van der Waals surface area contributed by atoms with E-state index in [1.54, 1.807) is 6.07 Å². The number of phenolic OH excluding ortho intramolecular Hbond substituents is 1. The number of fused-ring (bicyclic) bond motifs is 1. The molecule has 10 nitrogen and oxygen atoms in total. The lowest BCUT2D eigenvalue weighted by atomic mass is 9.91. The standard InChI is InChI=1S/C22H26O10/c1-25-12-9-11(16(27-3)15(24)19(12)28-4)18-21(30-6)14(23)10-8-13(26-2)20(29-5)22(31-7)17(10)32-18/h8-9,18,21,24H,1-7H3. The molecule has 0 aromatic heterocycles. The maximum absolute atomic E-state index is 13.4. The molecule has 3 rings (SSSR count). The summed E-state index contributed by atoms with van der Waals surface area (Å²) >= 11 is 0. The highest BCUT2D eigenvalue weighted by atomic mass is 16.6. The van der Waals surface area contributed by atoms with Crippen molar-refractivity contribution in [3.05, 3.63) is 23.3 Å². The zero-order valence-electron chi connectivity index (χ0n) is 18.9. The first-order chi connectivity index (χ1) is 15.4. The van der Waals surface area contributed by atoms with E-state index in [1.807, 2.05) is 0 Å². The number of ether oxygens (including phenoxy) is 8. The van der Waals surface area contributed by atoms with Crippen molar-refractivity contribution in [3.8, 4) is 46.0 Å². The van der Waals surface area contributed by atoms with Gasteiger partial charge in [0, 0.05) is 12.7 Å². The topological polar surface area (TPSA) is 111 Å². The fourth-order valence-electron chi connectivity index (χ4n) is 3.77. The van der Waals surface area contributed by atoms with Gasteiger partial charge in [-0.15, -0.1) is 0 Å². The molecule has 0 radical (unpaired) electrons. The minimum Gasteiger partial charge on any atom is -0.502 e. The lowest BCUT2D eigenvalue weighted by Gasteiger charge is -2.34. The number of rotatable bonds is 8. The molecule has 1 aliphatic rings. The zero-order valence-corrected chi connectivity index (χ0v) is 18.9. The Bertz CT molecular complexity index is 1020. The highest BCUT2D eigenvalue weighted by Gasteiger charge is 2.44. The number of carbonyl (C=O) groups excluding carboxylic acids is 1. The van der Waals surface area contributed by atoms with E-state index in [1.165, 1.54) is 55.8 Å². The third-order valence-electron chi connectivity index (χ3n) is 5.22. The van der Waals surface area contributed by atoms with Gasteiger partial charge in [-0.05, 0) is 12.1 Å². The summed E-state index contributed by atoms with van der Waals surface area (Å²) in [6.07, 6.45) is -2.09. The summed E-state index contributed by atoms with van der Waals surface area (Å²) in [6, 6.07) is 3.06. The van der Waals surface area contributed by atoms with E-state index < -0.39 is 12.2 Å². The number of benzene rings is 2. The number of phenols is 1. The summed E-state index contributed by atoms with van der Waals surface area (Å²) in [7, 11) is 9.88. The van der Waals surface area contributed by atoms with Crippen molar-refractivity contribution in [2.24, 2.45) is 0 Å². The van der Waals surface area contributed by atoms with Crippen LogP contribution in [0.2, 0.25) is 0 Å². The minimum absolute atomic E-state index is 0.0467. The molecule has 0 bridgehead atoms. The molecule has 2 unspecified atom stereocenters. The van der Waals surface area contributed by atoms with E-state index in [2.05, 4.69) is 0 Å². The van der Waals surface area contributed by atoms with Gasteiger partial charge in [0.2, 0.25) is 23.0 Å². The molecule has 0 saturated heterocycles. The third-order valence-corrected chi connectivity index (χ3v) is 5.22. The molecule has 0 saturated carbocycles. The number of hydrogen-bond acceptors (Lipinski definition) is 10. The van der Waals surface area contributed by atoms with Crippen molar-refractivity contribution >= 4 is 5.78 Å². The summed E-state index contributed by atoms with van der Waals surface area (Å²) in [6.45, 7) is 0. The second kappa shape index (κ2) is 9.31. The van der Waals surface area contributed by atoms with Crippen LogP contribution in [0.5, 0.6) is 46.0 Å². The Morgan fingerprint density at radius 3 is 1.81 bits per heavy atom. The van der Waals surface area contributed by atoms with Gasteiger partial charge in [-0.25, -0.2) is 0 Å². The van der Waals surface area contributed by atoms with Gasteiger partial charge in [-0.3, -0.25) is 4.79 Å². The van der Waals surface area contributed by atoms with E-state index >= 15 is 0 Å². The average Bonchev–Trinajstić information content (AvgIpc) is 2.81. The Balaban J connectivity index is 2.28. The van der Waals surface area contributed by atoms with Crippen molar-refractivity contribution in [2.45, 2.75) is 12.2 Å². The van der Waals surface area contributed by atoms with Crippen LogP contribution < -0.4 is 33.2 Å². The summed E-state index contributed by atoms with van der Waals surface area (Å²) in [5, 5.41) is 10.7. The summed E-state index contributed by atoms with van der Waals surface area (Å²) in [4.78, 5) is 13.4. The van der Waals surface area contributed by atoms with Crippen molar-refractivity contribution in [3.63, 3.8) is 0 Å². The van der Waals surface area contributed by atoms with Gasteiger partial charge in [0.15, 0.2) is 41.0 Å². The van der Waals surface area contributed by atoms with Crippen LogP contribution in [0.25, 0.3) is 0 Å². The Morgan fingerprint density at radius 2 is 1.31 bits per heavy atom. The van der Waals surface area contributed by atoms with E-state index in [9.17, 15) is 9.90 Å². The first-order valence-electron chi connectivity index (χ1n) is 9.50. The number of hydrogen-bond donors (Lipinski definition) is 1. The van der Waals surface area contributed by atoms with Gasteiger partial charge in [0.1, 0.15) is 0 Å². The highest BCUT2D eigenvalue weighted by molar-refractivity contribution is 6.05. The van der Waals surface area contributed by atoms with E-state index in [-0.39, 0.29) is 51.6 Å². The first-order valence-corrected chi connectivity index (χ1v) is 9.50. The van der Waals surface area contributed by atoms with Crippen molar-refractivity contribution < 1.29 is 47.8 Å². The highest BCUT2D eigenvalue weighted by Crippen LogP contribution is 2.54. The normalized spacial score (nSPS) is 17.2. The van der Waals surface area contributed by atoms with Crippen LogP contribution in [0.4, 0.5) is 0 Å². The molecular formula is C22H26O10. The van der Waals surface area contributed by atoms with Crippen LogP contribution in [-0.4, -0.2) is 66.8 Å². The lowest BCUT2D eigenvalue weighted by molar-refractivity contribution is -0.00278. The molecule has 1 aliphatic heterocycles. The second-order valence-electron chi connectivity index (χ2n) is 6.66. The molecule has 10 heteroatoms. The Kier molecular flexibility index (Phi) is 6.73. The number of aromatic hydroxyl groups is 1. The minimum atomic E-state index is -1.07. The van der Waals surface area contributed by atoms with Crippen molar-refractivity contribution in [1.82, 2.24) is 0 Å². The summed E-state index contributed by atoms with van der Waals surface area (Å²) < 4.78 is 44.0. The number of ketones is 1. The molecule has 0 spiro atoms. The quantitative estimate of drug-likeness (QED) is 0.644. The first kappa shape index (κ1) is 23.1. The van der Waals surface area contributed by atoms with E-state index in [0.29, 0.717) is 11.3 Å². The molecule has 2 aromatic carbocycles. The second-order valence-corrected chi connectivity index (χ2v) is 6.66. The van der Waals surface area contributed by atoms with Gasteiger partial charge >= 0.3 is 0 Å². The molecule has 32 heavy (non-hydrogen) atoms. The number of methoxy groups -OCH3 is 7. The van der Waals surface area contributed by atoms with Crippen LogP contribution in [0.1, 0.15) is 22.0 Å². The zero-order chi connectivity index (χ0) is 23.6. The largest absolute Gasteiger partial charge is 0.502 e. The molecule has 2 atom stereocenters. The van der Waals surface area contributed by atoms with Crippen LogP contribution >= 0.6 is 0 Å². The Morgan fingerprint density at radius 1 is 0.750 bits per heavy atom. The Labute approximate surface area is 185 Å². The number of carbonyl (C=O) groups is 1. The molecule has 0 fully saturated rings. The predicted octanol–water partition coefficient (Wildman–Crippen LogP) is 2.78. The van der Waals surface area contributed by atoms with Crippen molar-refractivity contribution in [2.75, 3.05) is 49.8 Å². The van der Waals surface area contributed by atoms with Gasteiger partial charge in [-0.1, -0.05) is 0 Å². The lowest BCUT2D eigenvalue weighted by Crippen LogP contribution is -2.38. The smallest absolute Gasteiger partial charge is 0.208 e. The fourth-order valence-corrected chi connectivity index (χ4v) is 3.77. The van der Waals surface area contributed by atoms with E-state index in [0.717, 1.165) is 0 Å². The van der Waals surface area contributed by atoms with Gasteiger partial charge in [0.05, 0.1) is 48.2 Å². The maximum atomic E-state index is 13.4. The molecule has 1 N–H and O–H groups in total. The fraction of sp³-hybridized carbons (Fsp3) is 0.409.